The first-order valence-electron chi connectivity index (χ1n) is 11.0. The van der Waals surface area contributed by atoms with Crippen molar-refractivity contribution in [3.05, 3.63) is 63.8 Å². The average Bonchev–Trinajstić information content (AvgIpc) is 2.76. The van der Waals surface area contributed by atoms with Gasteiger partial charge in [-0.1, -0.05) is 29.4 Å². The molecular weight excluding hydrogens is 404 g/mol. The van der Waals surface area contributed by atoms with Gasteiger partial charge in [0.15, 0.2) is 0 Å². The van der Waals surface area contributed by atoms with E-state index in [-0.39, 0.29) is 17.4 Å². The summed E-state index contributed by atoms with van der Waals surface area (Å²) in [5.74, 6) is 2.44. The molecule has 0 saturated carbocycles. The largest absolute Gasteiger partial charge is 0.508 e. The fourth-order valence-electron chi connectivity index (χ4n) is 4.13. The number of benzene rings is 2. The van der Waals surface area contributed by atoms with Crippen LogP contribution in [0.25, 0.3) is 0 Å². The maximum Gasteiger partial charge on any atom is 0.132 e. The molecule has 0 unspecified atom stereocenters. The number of phenols is 2. The molecule has 0 fully saturated rings. The molecule has 1 aliphatic heterocycles. The molecule has 32 heavy (non-hydrogen) atoms. The van der Waals surface area contributed by atoms with Gasteiger partial charge in [-0.05, 0) is 53.0 Å². The molecule has 1 atom stereocenters. The van der Waals surface area contributed by atoms with Crippen molar-refractivity contribution in [2.45, 2.75) is 52.9 Å². The van der Waals surface area contributed by atoms with E-state index in [0.717, 1.165) is 39.5 Å². The molecule has 1 aliphatic rings. The van der Waals surface area contributed by atoms with Crippen LogP contribution >= 0.6 is 0 Å². The fraction of sp³-hybridized carbons (Fsp3) is 0.407. The SMILES string of the molecule is COc1cc2c(c(OC)c1CC=C(C)C)C[C@@H](c1ccc(O)c(CC=C(C)C)c1O)CO2. The van der Waals surface area contributed by atoms with E-state index in [1.165, 1.54) is 5.57 Å². The predicted molar refractivity (Wildman–Crippen MR) is 128 cm³/mol. The Bertz CT molecular complexity index is 1040. The maximum atomic E-state index is 11.0. The zero-order chi connectivity index (χ0) is 23.4. The zero-order valence-electron chi connectivity index (χ0n) is 19.9. The summed E-state index contributed by atoms with van der Waals surface area (Å²) in [6.45, 7) is 8.55. The molecule has 0 aliphatic carbocycles. The third-order valence-corrected chi connectivity index (χ3v) is 5.88. The first-order valence-corrected chi connectivity index (χ1v) is 11.0. The Morgan fingerprint density at radius 2 is 1.66 bits per heavy atom. The third-order valence-electron chi connectivity index (χ3n) is 5.88. The first-order chi connectivity index (χ1) is 15.3. The molecule has 0 saturated heterocycles. The summed E-state index contributed by atoms with van der Waals surface area (Å²) in [5.41, 5.74) is 5.62. The molecular formula is C27H34O5. The van der Waals surface area contributed by atoms with Gasteiger partial charge < -0.3 is 24.4 Å². The summed E-state index contributed by atoms with van der Waals surface area (Å²) < 4.78 is 17.6. The molecule has 3 rings (SSSR count). The lowest BCUT2D eigenvalue weighted by molar-refractivity contribution is 0.252. The molecule has 2 aromatic rings. The summed E-state index contributed by atoms with van der Waals surface area (Å²) >= 11 is 0. The van der Waals surface area contributed by atoms with Crippen LogP contribution in [0.3, 0.4) is 0 Å². The van der Waals surface area contributed by atoms with Crippen LogP contribution in [0, 0.1) is 0 Å². The number of aromatic hydroxyl groups is 2. The van der Waals surface area contributed by atoms with Gasteiger partial charge in [0.05, 0.1) is 20.8 Å². The molecule has 1 heterocycles. The number of phenolic OH excluding ortho intramolecular Hbond substituents is 2. The second-order valence-electron chi connectivity index (χ2n) is 8.75. The second-order valence-corrected chi connectivity index (χ2v) is 8.75. The molecule has 0 spiro atoms. The normalized spacial score (nSPS) is 14.8. The van der Waals surface area contributed by atoms with Gasteiger partial charge in [0, 0.05) is 34.2 Å². The predicted octanol–water partition coefficient (Wildman–Crippen LogP) is 5.85. The van der Waals surface area contributed by atoms with Crippen molar-refractivity contribution in [2.24, 2.45) is 0 Å². The average molecular weight is 439 g/mol. The number of ether oxygens (including phenoxy) is 3. The van der Waals surface area contributed by atoms with E-state index in [4.69, 9.17) is 14.2 Å². The third kappa shape index (κ3) is 4.87. The van der Waals surface area contributed by atoms with Gasteiger partial charge in [-0.25, -0.2) is 0 Å². The highest BCUT2D eigenvalue weighted by Crippen LogP contribution is 2.46. The molecule has 5 nitrogen and oxygen atoms in total. The van der Waals surface area contributed by atoms with E-state index in [2.05, 4.69) is 19.9 Å². The standard InChI is InChI=1S/C27H34O5/c1-16(2)7-9-20-23(28)12-11-19(26(20)29)18-13-22-25(32-15-18)14-24(30-5)21(27(22)31-6)10-8-17(3)4/h7-8,11-12,14,18,28-29H,9-10,13,15H2,1-6H3/t18-/m1/s1. The summed E-state index contributed by atoms with van der Waals surface area (Å²) in [6.07, 6.45) is 5.98. The van der Waals surface area contributed by atoms with Gasteiger partial charge in [-0.15, -0.1) is 0 Å². The highest BCUT2D eigenvalue weighted by molar-refractivity contribution is 5.60. The molecule has 0 aromatic heterocycles. The minimum absolute atomic E-state index is 0.0628. The number of fused-ring (bicyclic) bond motifs is 1. The van der Waals surface area contributed by atoms with Crippen LogP contribution in [0.1, 0.15) is 55.9 Å². The molecule has 0 bridgehead atoms. The second kappa shape index (κ2) is 10.0. The molecule has 2 N–H and O–H groups in total. The number of rotatable bonds is 7. The lowest BCUT2D eigenvalue weighted by Crippen LogP contribution is -2.21. The zero-order valence-corrected chi connectivity index (χ0v) is 19.9. The Hall–Kier alpha value is -3.08. The fourth-order valence-corrected chi connectivity index (χ4v) is 4.13. The van der Waals surface area contributed by atoms with Crippen LogP contribution in [-0.4, -0.2) is 31.0 Å². The first kappa shape index (κ1) is 23.6. The summed E-state index contributed by atoms with van der Waals surface area (Å²) in [7, 11) is 3.32. The molecule has 0 radical (unpaired) electrons. The van der Waals surface area contributed by atoms with Gasteiger partial charge in [-0.3, -0.25) is 0 Å². The number of hydrogen-bond acceptors (Lipinski definition) is 5. The number of allylic oxidation sites excluding steroid dienone is 4. The van der Waals surface area contributed by atoms with E-state index in [0.29, 0.717) is 31.4 Å². The van der Waals surface area contributed by atoms with Gasteiger partial charge in [0.1, 0.15) is 28.7 Å². The van der Waals surface area contributed by atoms with E-state index >= 15 is 0 Å². The van der Waals surface area contributed by atoms with Crippen molar-refractivity contribution >= 4 is 0 Å². The monoisotopic (exact) mass is 438 g/mol. The van der Waals surface area contributed by atoms with Crippen LogP contribution in [0.5, 0.6) is 28.7 Å². The van der Waals surface area contributed by atoms with Gasteiger partial charge in [-0.2, -0.15) is 0 Å². The number of hydrogen-bond donors (Lipinski definition) is 2. The quantitative estimate of drug-likeness (QED) is 0.531. The van der Waals surface area contributed by atoms with Crippen molar-refractivity contribution in [1.82, 2.24) is 0 Å². The lowest BCUT2D eigenvalue weighted by atomic mass is 9.86. The molecule has 172 valence electrons. The van der Waals surface area contributed by atoms with Crippen molar-refractivity contribution in [2.75, 3.05) is 20.8 Å². The van der Waals surface area contributed by atoms with Crippen LogP contribution in [0.4, 0.5) is 0 Å². The van der Waals surface area contributed by atoms with Gasteiger partial charge in [0.2, 0.25) is 0 Å². The van der Waals surface area contributed by atoms with E-state index in [1.807, 2.05) is 26.0 Å². The van der Waals surface area contributed by atoms with Crippen LogP contribution in [0.15, 0.2) is 41.5 Å². The summed E-state index contributed by atoms with van der Waals surface area (Å²) in [6, 6.07) is 5.37. The molecule has 0 amide bonds. The van der Waals surface area contributed by atoms with Crippen molar-refractivity contribution in [3.63, 3.8) is 0 Å². The Morgan fingerprint density at radius 3 is 2.25 bits per heavy atom. The minimum Gasteiger partial charge on any atom is -0.508 e. The van der Waals surface area contributed by atoms with Crippen LogP contribution in [-0.2, 0) is 19.3 Å². The van der Waals surface area contributed by atoms with E-state index < -0.39 is 0 Å². The Labute approximate surface area is 191 Å². The van der Waals surface area contributed by atoms with Crippen LogP contribution < -0.4 is 14.2 Å². The Kier molecular flexibility index (Phi) is 7.39. The van der Waals surface area contributed by atoms with Crippen molar-refractivity contribution < 1.29 is 24.4 Å². The molecule has 5 heteroatoms. The summed E-state index contributed by atoms with van der Waals surface area (Å²) in [4.78, 5) is 0. The highest BCUT2D eigenvalue weighted by Gasteiger charge is 2.30. The topological polar surface area (TPSA) is 68.2 Å². The lowest BCUT2D eigenvalue weighted by Gasteiger charge is -2.29. The summed E-state index contributed by atoms with van der Waals surface area (Å²) in [5, 5.41) is 21.3. The minimum atomic E-state index is -0.0628. The highest BCUT2D eigenvalue weighted by atomic mass is 16.5. The Balaban J connectivity index is 2.03. The van der Waals surface area contributed by atoms with E-state index in [9.17, 15) is 10.2 Å². The number of methoxy groups -OCH3 is 2. The van der Waals surface area contributed by atoms with Crippen LogP contribution in [0.2, 0.25) is 0 Å². The van der Waals surface area contributed by atoms with Gasteiger partial charge >= 0.3 is 0 Å². The maximum absolute atomic E-state index is 11.0. The molecule has 2 aromatic carbocycles. The van der Waals surface area contributed by atoms with Crippen molar-refractivity contribution in [1.29, 1.82) is 0 Å². The van der Waals surface area contributed by atoms with Crippen molar-refractivity contribution in [3.8, 4) is 28.7 Å². The van der Waals surface area contributed by atoms with Gasteiger partial charge in [0.25, 0.3) is 0 Å². The Morgan fingerprint density at radius 1 is 1.00 bits per heavy atom. The smallest absolute Gasteiger partial charge is 0.132 e. The van der Waals surface area contributed by atoms with E-state index in [1.54, 1.807) is 26.4 Å².